The van der Waals surface area contributed by atoms with Crippen molar-refractivity contribution in [3.8, 4) is 89.0 Å². The maximum Gasteiger partial charge on any atom is 0.252 e. The first-order chi connectivity index (χ1) is 54.1. The van der Waals surface area contributed by atoms with Gasteiger partial charge in [0, 0.05) is 72.5 Å². The Labute approximate surface area is 633 Å². The lowest BCUT2D eigenvalue weighted by atomic mass is 9.33. The van der Waals surface area contributed by atoms with Crippen LogP contribution in [0.2, 0.25) is 0 Å². The highest BCUT2D eigenvalue weighted by molar-refractivity contribution is 7.00. The summed E-state index contributed by atoms with van der Waals surface area (Å²) in [7, 11) is 0. The number of anilines is 6. The van der Waals surface area contributed by atoms with E-state index in [1.54, 1.807) is 0 Å². The second kappa shape index (κ2) is 25.4. The van der Waals surface area contributed by atoms with Crippen molar-refractivity contribution in [1.82, 2.24) is 0 Å². The molecule has 1 aliphatic carbocycles. The summed E-state index contributed by atoms with van der Waals surface area (Å²) in [5.41, 5.74) is 37.9. The topological polar surface area (TPSA) is 32.8 Å². The third-order valence-electron chi connectivity index (χ3n) is 23.2. The largest absolute Gasteiger partial charge is 0.456 e. The van der Waals surface area contributed by atoms with Crippen LogP contribution in [0.3, 0.4) is 0 Å². The summed E-state index contributed by atoms with van der Waals surface area (Å²) in [5, 5.41) is 4.36. The average Bonchev–Trinajstić information content (AvgIpc) is 0.999. The highest BCUT2D eigenvalue weighted by Crippen LogP contribution is 2.57. The van der Waals surface area contributed by atoms with Gasteiger partial charge in [-0.25, -0.2) is 0 Å². The number of nitrogens with zero attached hydrogens (tertiary/aromatic N) is 2. The van der Waals surface area contributed by atoms with Crippen molar-refractivity contribution >= 4 is 101 Å². The number of para-hydroxylation sites is 2. The molecule has 0 spiro atoms. The van der Waals surface area contributed by atoms with Crippen molar-refractivity contribution in [1.29, 1.82) is 0 Å². The van der Waals surface area contributed by atoms with Crippen molar-refractivity contribution in [3.05, 3.63) is 416 Å². The van der Waals surface area contributed by atoms with Gasteiger partial charge in [-0.05, 0) is 190 Å². The van der Waals surface area contributed by atoms with Crippen LogP contribution in [0.25, 0.3) is 133 Å². The second-order valence-corrected chi connectivity index (χ2v) is 29.2. The molecule has 508 valence electrons. The molecule has 19 aromatic rings. The fourth-order valence-corrected chi connectivity index (χ4v) is 18.4. The minimum Gasteiger partial charge on any atom is -0.456 e. The third kappa shape index (κ3) is 10.1. The molecular formula is C104H67BN2O2. The summed E-state index contributed by atoms with van der Waals surface area (Å²) < 4.78 is 13.5. The maximum absolute atomic E-state index is 6.77. The molecule has 3 aliphatic rings. The summed E-state index contributed by atoms with van der Waals surface area (Å²) in [4.78, 5) is 5.43. The fourth-order valence-electron chi connectivity index (χ4n) is 18.4. The third-order valence-corrected chi connectivity index (χ3v) is 23.2. The number of fused-ring (bicyclic) bond motifs is 12. The van der Waals surface area contributed by atoms with Crippen LogP contribution in [-0.4, -0.2) is 6.71 Å². The Hall–Kier alpha value is -14.0. The molecule has 0 bridgehead atoms. The van der Waals surface area contributed by atoms with Gasteiger partial charge in [-0.1, -0.05) is 315 Å². The molecule has 2 aliphatic heterocycles. The first kappa shape index (κ1) is 62.4. The van der Waals surface area contributed by atoms with E-state index in [2.05, 4.69) is 398 Å². The normalized spacial score (nSPS) is 12.8. The van der Waals surface area contributed by atoms with Crippen LogP contribution < -0.4 is 26.2 Å². The van der Waals surface area contributed by atoms with Gasteiger partial charge in [-0.15, -0.1) is 0 Å². The monoisotopic (exact) mass is 1390 g/mol. The summed E-state index contributed by atoms with van der Waals surface area (Å²) in [5.74, 6) is -0.154. The van der Waals surface area contributed by atoms with Crippen LogP contribution in [0.5, 0.6) is 0 Å². The van der Waals surface area contributed by atoms with Gasteiger partial charge >= 0.3 is 0 Å². The van der Waals surface area contributed by atoms with Crippen LogP contribution in [-0.2, 0) is 6.42 Å². The van der Waals surface area contributed by atoms with E-state index >= 15 is 0 Å². The molecule has 17 aromatic carbocycles. The Balaban J connectivity index is 0.943. The van der Waals surface area contributed by atoms with Crippen LogP contribution in [0.15, 0.2) is 397 Å². The van der Waals surface area contributed by atoms with Gasteiger partial charge in [-0.3, -0.25) is 0 Å². The number of benzene rings is 17. The van der Waals surface area contributed by atoms with Crippen LogP contribution >= 0.6 is 0 Å². The summed E-state index contributed by atoms with van der Waals surface area (Å²) in [6.45, 7) is -0.365. The molecule has 109 heavy (non-hydrogen) atoms. The van der Waals surface area contributed by atoms with Gasteiger partial charge in [-0.2, -0.15) is 0 Å². The first-order valence-electron chi connectivity index (χ1n) is 37.8. The standard InChI is InChI=1S/C104H67BN2O2/c1-7-29-66(30-8-1)76-58-85(68-33-11-3-12-34-68)103(86(59-76)69-35-13-4-14-36-69)106-91-55-53-74(81-47-27-51-97-100(81)83-45-23-25-49-95(83)108-97)62-89(91)105-90-63-75(82-48-28-52-98-101(82)84-46-24-26-50-96(84)109-98)54-56-92(90)107(94-65-78(64-93(106)102(94)105)99-79-43-21-19-41-72(79)57-73-42-20-22-44-80(73)99)104-87(70-37-15-5-16-38-70)60-77(67-31-9-2-10-32-67)61-88(104)71-39-17-6-18-40-71/h1-56,58-65,99H,57H2. The molecule has 0 amide bonds. The Kier molecular flexibility index (Phi) is 14.5. The van der Waals surface area contributed by atoms with E-state index in [-0.39, 0.29) is 12.6 Å². The molecule has 4 nitrogen and oxygen atoms in total. The van der Waals surface area contributed by atoms with Gasteiger partial charge in [0.15, 0.2) is 0 Å². The van der Waals surface area contributed by atoms with E-state index in [1.165, 1.54) is 44.2 Å². The predicted octanol–water partition coefficient (Wildman–Crippen LogP) is 26.0. The minimum absolute atomic E-state index is 0.154. The molecule has 22 rings (SSSR count). The molecule has 0 fully saturated rings. The van der Waals surface area contributed by atoms with Crippen LogP contribution in [0.1, 0.15) is 33.7 Å². The van der Waals surface area contributed by atoms with Gasteiger partial charge in [0.1, 0.15) is 22.3 Å². The van der Waals surface area contributed by atoms with E-state index in [9.17, 15) is 0 Å². The highest BCUT2D eigenvalue weighted by atomic mass is 16.3. The van der Waals surface area contributed by atoms with Crippen LogP contribution in [0.4, 0.5) is 34.1 Å². The summed E-state index contributed by atoms with van der Waals surface area (Å²) in [6.07, 6.45) is 0.848. The lowest BCUT2D eigenvalue weighted by Gasteiger charge is -2.46. The average molecular weight is 1390 g/mol. The van der Waals surface area contributed by atoms with Gasteiger partial charge < -0.3 is 18.6 Å². The van der Waals surface area contributed by atoms with Gasteiger partial charge in [0.2, 0.25) is 0 Å². The van der Waals surface area contributed by atoms with Crippen molar-refractivity contribution in [2.75, 3.05) is 9.80 Å². The molecule has 5 heteroatoms. The van der Waals surface area contributed by atoms with E-state index in [4.69, 9.17) is 8.83 Å². The molecule has 0 radical (unpaired) electrons. The SMILES string of the molecule is c1ccc(-c2cc(-c3ccccc3)c(N3c4ccc(-c5cccc6oc7ccccc7c56)cc4B4c5cc(-c6cccc7oc8ccccc8c67)ccc5N(c5c(-c6ccccc6)cc(-c6ccccc6)cc5-c5ccccc5)c5cc(C6c7ccccc7Cc7ccccc76)cc3c54)c(-c3ccccc3)c2)cc1. The molecule has 0 saturated heterocycles. The zero-order chi connectivity index (χ0) is 71.6. The Bertz CT molecular complexity index is 6300. The van der Waals surface area contributed by atoms with Crippen molar-refractivity contribution in [2.24, 2.45) is 0 Å². The maximum atomic E-state index is 6.77. The zero-order valence-electron chi connectivity index (χ0n) is 59.5. The molecule has 2 aromatic heterocycles. The minimum atomic E-state index is -0.365. The lowest BCUT2D eigenvalue weighted by molar-refractivity contribution is 0.668. The molecule has 0 N–H and O–H groups in total. The molecule has 0 atom stereocenters. The summed E-state index contributed by atoms with van der Waals surface area (Å²) >= 11 is 0. The van der Waals surface area contributed by atoms with E-state index < -0.39 is 0 Å². The van der Waals surface area contributed by atoms with Crippen LogP contribution in [0, 0.1) is 0 Å². The van der Waals surface area contributed by atoms with E-state index in [0.29, 0.717) is 0 Å². The first-order valence-corrected chi connectivity index (χ1v) is 37.8. The Morgan fingerprint density at radius 3 is 0.982 bits per heavy atom. The van der Waals surface area contributed by atoms with E-state index in [1.807, 2.05) is 0 Å². The number of furan rings is 2. The lowest BCUT2D eigenvalue weighted by Crippen LogP contribution is -2.61. The van der Waals surface area contributed by atoms with Gasteiger partial charge in [0.05, 0.1) is 11.4 Å². The number of hydrogen-bond donors (Lipinski definition) is 0. The Morgan fingerprint density at radius 1 is 0.248 bits per heavy atom. The fraction of sp³-hybridized carbons (Fsp3) is 0.0192. The molecule has 0 saturated carbocycles. The quantitative estimate of drug-likeness (QED) is 0.121. The van der Waals surface area contributed by atoms with Crippen molar-refractivity contribution in [2.45, 2.75) is 12.3 Å². The second-order valence-electron chi connectivity index (χ2n) is 29.2. The smallest absolute Gasteiger partial charge is 0.252 e. The molecule has 4 heterocycles. The van der Waals surface area contributed by atoms with Gasteiger partial charge in [0.25, 0.3) is 6.71 Å². The van der Waals surface area contributed by atoms with Crippen molar-refractivity contribution < 1.29 is 8.83 Å². The Morgan fingerprint density at radius 2 is 0.587 bits per heavy atom. The zero-order valence-corrected chi connectivity index (χ0v) is 59.5. The predicted molar refractivity (Wildman–Crippen MR) is 455 cm³/mol. The number of rotatable bonds is 11. The summed E-state index contributed by atoms with van der Waals surface area (Å²) in [6, 6.07) is 145. The highest BCUT2D eigenvalue weighted by Gasteiger charge is 2.47. The molecular weight excluding hydrogens is 1320 g/mol. The van der Waals surface area contributed by atoms with Crippen molar-refractivity contribution in [3.63, 3.8) is 0 Å². The van der Waals surface area contributed by atoms with E-state index in [0.717, 1.165) is 173 Å². The molecule has 0 unspecified atom stereocenters. The number of hydrogen-bond acceptors (Lipinski definition) is 4.